The SMILES string of the molecule is CC(C)COCC(N)(C(=O)O)C1CC1. The Morgan fingerprint density at radius 1 is 1.64 bits per heavy atom. The fourth-order valence-corrected chi connectivity index (χ4v) is 1.42. The zero-order valence-corrected chi connectivity index (χ0v) is 8.82. The van der Waals surface area contributed by atoms with Crippen molar-refractivity contribution in [1.82, 2.24) is 0 Å². The minimum absolute atomic E-state index is 0.104. The highest BCUT2D eigenvalue weighted by molar-refractivity contribution is 5.79. The number of ether oxygens (including phenoxy) is 1. The van der Waals surface area contributed by atoms with Crippen molar-refractivity contribution in [2.45, 2.75) is 32.2 Å². The van der Waals surface area contributed by atoms with Crippen molar-refractivity contribution in [2.75, 3.05) is 13.2 Å². The number of carbonyl (C=O) groups is 1. The monoisotopic (exact) mass is 201 g/mol. The molecule has 0 aromatic rings. The van der Waals surface area contributed by atoms with E-state index < -0.39 is 11.5 Å². The molecule has 0 aromatic heterocycles. The molecule has 0 saturated heterocycles. The first-order chi connectivity index (χ1) is 6.47. The Bertz CT molecular complexity index is 213. The van der Waals surface area contributed by atoms with Gasteiger partial charge in [0.15, 0.2) is 0 Å². The van der Waals surface area contributed by atoms with Crippen molar-refractivity contribution >= 4 is 5.97 Å². The second-order valence-electron chi connectivity index (χ2n) is 4.53. The standard InChI is InChI=1S/C10H19NO3/c1-7(2)5-14-6-10(11,9(12)13)8-3-4-8/h7-8H,3-6,11H2,1-2H3,(H,12,13). The van der Waals surface area contributed by atoms with Crippen molar-refractivity contribution in [3.63, 3.8) is 0 Å². The maximum absolute atomic E-state index is 11.0. The van der Waals surface area contributed by atoms with E-state index in [4.69, 9.17) is 15.6 Å². The van der Waals surface area contributed by atoms with E-state index >= 15 is 0 Å². The maximum atomic E-state index is 11.0. The van der Waals surface area contributed by atoms with Crippen LogP contribution >= 0.6 is 0 Å². The van der Waals surface area contributed by atoms with Crippen molar-refractivity contribution in [2.24, 2.45) is 17.6 Å². The van der Waals surface area contributed by atoms with Gasteiger partial charge < -0.3 is 15.6 Å². The predicted octanol–water partition coefficient (Wildman–Crippen LogP) is 0.851. The van der Waals surface area contributed by atoms with Gasteiger partial charge in [0.1, 0.15) is 5.54 Å². The van der Waals surface area contributed by atoms with E-state index in [9.17, 15) is 4.79 Å². The first-order valence-corrected chi connectivity index (χ1v) is 5.07. The van der Waals surface area contributed by atoms with Gasteiger partial charge in [-0.15, -0.1) is 0 Å². The quantitative estimate of drug-likeness (QED) is 0.668. The second kappa shape index (κ2) is 4.28. The Balaban J connectivity index is 2.40. The van der Waals surface area contributed by atoms with Crippen LogP contribution in [0.2, 0.25) is 0 Å². The van der Waals surface area contributed by atoms with Crippen LogP contribution in [0.5, 0.6) is 0 Å². The Morgan fingerprint density at radius 2 is 2.21 bits per heavy atom. The van der Waals surface area contributed by atoms with Crippen LogP contribution in [0.4, 0.5) is 0 Å². The summed E-state index contributed by atoms with van der Waals surface area (Å²) in [7, 11) is 0. The van der Waals surface area contributed by atoms with Crippen molar-refractivity contribution in [3.05, 3.63) is 0 Å². The van der Waals surface area contributed by atoms with E-state index in [1.54, 1.807) is 0 Å². The number of carboxylic acids is 1. The molecule has 0 aromatic carbocycles. The summed E-state index contributed by atoms with van der Waals surface area (Å²) in [5.74, 6) is -0.428. The van der Waals surface area contributed by atoms with Gasteiger partial charge in [-0.3, -0.25) is 4.79 Å². The zero-order chi connectivity index (χ0) is 10.8. The van der Waals surface area contributed by atoms with Crippen molar-refractivity contribution in [1.29, 1.82) is 0 Å². The van der Waals surface area contributed by atoms with Gasteiger partial charge in [0.2, 0.25) is 0 Å². The van der Waals surface area contributed by atoms with Crippen LogP contribution in [0.1, 0.15) is 26.7 Å². The van der Waals surface area contributed by atoms with E-state index in [2.05, 4.69) is 0 Å². The van der Waals surface area contributed by atoms with E-state index in [-0.39, 0.29) is 12.5 Å². The molecule has 0 radical (unpaired) electrons. The highest BCUT2D eigenvalue weighted by atomic mass is 16.5. The average molecular weight is 201 g/mol. The minimum atomic E-state index is -1.16. The molecule has 1 aliphatic rings. The lowest BCUT2D eigenvalue weighted by Gasteiger charge is -2.24. The Hall–Kier alpha value is -0.610. The largest absolute Gasteiger partial charge is 0.480 e. The molecular formula is C10H19NO3. The van der Waals surface area contributed by atoms with Crippen LogP contribution in [-0.2, 0) is 9.53 Å². The summed E-state index contributed by atoms with van der Waals surface area (Å²) < 4.78 is 5.32. The Labute approximate surface area is 84.4 Å². The molecule has 1 saturated carbocycles. The second-order valence-corrected chi connectivity index (χ2v) is 4.53. The van der Waals surface area contributed by atoms with E-state index in [1.807, 2.05) is 13.8 Å². The summed E-state index contributed by atoms with van der Waals surface area (Å²) in [4.78, 5) is 11.0. The van der Waals surface area contributed by atoms with Gasteiger partial charge in [-0.1, -0.05) is 13.8 Å². The molecule has 1 rings (SSSR count). The molecule has 3 N–H and O–H groups in total. The third-order valence-electron chi connectivity index (χ3n) is 2.50. The third kappa shape index (κ3) is 2.69. The summed E-state index contributed by atoms with van der Waals surface area (Å²) in [5, 5.41) is 9.00. The van der Waals surface area contributed by atoms with Crippen LogP contribution in [0.25, 0.3) is 0 Å². The lowest BCUT2D eigenvalue weighted by atomic mass is 9.96. The highest BCUT2D eigenvalue weighted by Crippen LogP contribution is 2.38. The summed E-state index contributed by atoms with van der Waals surface area (Å²) >= 11 is 0. The van der Waals surface area contributed by atoms with Crippen LogP contribution in [0.3, 0.4) is 0 Å². The Kier molecular flexibility index (Phi) is 3.50. The number of nitrogens with two attached hydrogens (primary N) is 1. The molecule has 0 amide bonds. The predicted molar refractivity (Wildman–Crippen MR) is 52.9 cm³/mol. The fourth-order valence-electron chi connectivity index (χ4n) is 1.42. The normalized spacial score (nSPS) is 20.9. The minimum Gasteiger partial charge on any atom is -0.480 e. The third-order valence-corrected chi connectivity index (χ3v) is 2.50. The lowest BCUT2D eigenvalue weighted by molar-refractivity contribution is -0.147. The average Bonchev–Trinajstić information content (AvgIpc) is 2.84. The van der Waals surface area contributed by atoms with Crippen LogP contribution < -0.4 is 5.73 Å². The van der Waals surface area contributed by atoms with Crippen molar-refractivity contribution in [3.8, 4) is 0 Å². The molecular weight excluding hydrogens is 182 g/mol. The van der Waals surface area contributed by atoms with Gasteiger partial charge >= 0.3 is 5.97 Å². The van der Waals surface area contributed by atoms with Gasteiger partial charge in [0.05, 0.1) is 6.61 Å². The summed E-state index contributed by atoms with van der Waals surface area (Å²) in [6.07, 6.45) is 1.82. The zero-order valence-electron chi connectivity index (χ0n) is 8.82. The topological polar surface area (TPSA) is 72.5 Å². The molecule has 0 heterocycles. The number of rotatable bonds is 6. The number of hydrogen-bond donors (Lipinski definition) is 2. The molecule has 0 bridgehead atoms. The smallest absolute Gasteiger partial charge is 0.326 e. The molecule has 1 unspecified atom stereocenters. The molecule has 1 aliphatic carbocycles. The van der Waals surface area contributed by atoms with E-state index in [0.29, 0.717) is 12.5 Å². The number of hydrogen-bond acceptors (Lipinski definition) is 3. The molecule has 82 valence electrons. The first-order valence-electron chi connectivity index (χ1n) is 5.07. The number of carboxylic acid groups (broad SMARTS) is 1. The lowest BCUT2D eigenvalue weighted by Crippen LogP contribution is -2.54. The summed E-state index contributed by atoms with van der Waals surface area (Å²) in [5.41, 5.74) is 4.65. The molecule has 4 heteroatoms. The number of aliphatic carboxylic acids is 1. The van der Waals surface area contributed by atoms with E-state index in [1.165, 1.54) is 0 Å². The molecule has 4 nitrogen and oxygen atoms in total. The van der Waals surface area contributed by atoms with Gasteiger partial charge in [-0.25, -0.2) is 0 Å². The van der Waals surface area contributed by atoms with Crippen LogP contribution in [0.15, 0.2) is 0 Å². The van der Waals surface area contributed by atoms with Gasteiger partial charge in [-0.2, -0.15) is 0 Å². The van der Waals surface area contributed by atoms with Crippen molar-refractivity contribution < 1.29 is 14.6 Å². The fraction of sp³-hybridized carbons (Fsp3) is 0.900. The molecule has 1 atom stereocenters. The van der Waals surface area contributed by atoms with Crippen LogP contribution in [0, 0.1) is 11.8 Å². The van der Waals surface area contributed by atoms with Gasteiger partial charge in [0, 0.05) is 6.61 Å². The molecule has 14 heavy (non-hydrogen) atoms. The Morgan fingerprint density at radius 3 is 2.57 bits per heavy atom. The van der Waals surface area contributed by atoms with Gasteiger partial charge in [0.25, 0.3) is 0 Å². The summed E-state index contributed by atoms with van der Waals surface area (Å²) in [6.45, 7) is 4.75. The van der Waals surface area contributed by atoms with E-state index in [0.717, 1.165) is 12.8 Å². The molecule has 0 spiro atoms. The summed E-state index contributed by atoms with van der Waals surface area (Å²) in [6, 6.07) is 0. The maximum Gasteiger partial charge on any atom is 0.326 e. The first kappa shape index (κ1) is 11.5. The molecule has 0 aliphatic heterocycles. The molecule has 1 fully saturated rings. The van der Waals surface area contributed by atoms with Gasteiger partial charge in [-0.05, 0) is 24.7 Å². The van der Waals surface area contributed by atoms with Crippen LogP contribution in [-0.4, -0.2) is 29.8 Å². The highest BCUT2D eigenvalue weighted by Gasteiger charge is 2.48.